The Hall–Kier alpha value is -1.17. The quantitative estimate of drug-likeness (QED) is 0.834. The molecular formula is C14H20ClFN2O2. The maximum absolute atomic E-state index is 13.2. The highest BCUT2D eigenvalue weighted by molar-refractivity contribution is 5.85. The molecule has 1 saturated carbocycles. The van der Waals surface area contributed by atoms with Gasteiger partial charge in [-0.3, -0.25) is 4.79 Å². The number of nitrogens with one attached hydrogen (secondary N) is 1. The van der Waals surface area contributed by atoms with Crippen molar-refractivity contribution in [1.82, 2.24) is 5.32 Å². The first-order chi connectivity index (χ1) is 9.07. The molecule has 1 aromatic rings. The van der Waals surface area contributed by atoms with E-state index in [4.69, 9.17) is 10.5 Å². The number of benzene rings is 1. The molecule has 1 aromatic carbocycles. The molecule has 0 bridgehead atoms. The van der Waals surface area contributed by atoms with Crippen molar-refractivity contribution in [3.8, 4) is 0 Å². The van der Waals surface area contributed by atoms with Crippen LogP contribution in [0.1, 0.15) is 18.4 Å². The second-order valence-corrected chi connectivity index (χ2v) is 5.07. The number of amides is 1. The third-order valence-electron chi connectivity index (χ3n) is 3.57. The van der Waals surface area contributed by atoms with Gasteiger partial charge in [-0.2, -0.15) is 0 Å². The van der Waals surface area contributed by atoms with E-state index < -0.39 is 6.04 Å². The Balaban J connectivity index is 0.00000200. The van der Waals surface area contributed by atoms with Crippen molar-refractivity contribution in [2.75, 3.05) is 20.3 Å². The number of nitrogens with two attached hydrogens (primary N) is 1. The Morgan fingerprint density at radius 3 is 2.80 bits per heavy atom. The van der Waals surface area contributed by atoms with E-state index >= 15 is 0 Å². The average Bonchev–Trinajstić information content (AvgIpc) is 3.17. The van der Waals surface area contributed by atoms with Crippen molar-refractivity contribution in [3.63, 3.8) is 0 Å². The first-order valence-corrected chi connectivity index (χ1v) is 6.36. The summed E-state index contributed by atoms with van der Waals surface area (Å²) in [7, 11) is 1.50. The van der Waals surface area contributed by atoms with Crippen molar-refractivity contribution in [3.05, 3.63) is 35.6 Å². The van der Waals surface area contributed by atoms with Crippen molar-refractivity contribution in [1.29, 1.82) is 0 Å². The molecule has 112 valence electrons. The normalized spacial score (nSPS) is 16.9. The Morgan fingerprint density at radius 2 is 2.25 bits per heavy atom. The lowest BCUT2D eigenvalue weighted by Crippen LogP contribution is -2.45. The fourth-order valence-corrected chi connectivity index (χ4v) is 2.18. The number of hydrogen-bond acceptors (Lipinski definition) is 3. The number of hydrogen-bond donors (Lipinski definition) is 2. The maximum atomic E-state index is 13.2. The van der Waals surface area contributed by atoms with Crippen LogP contribution < -0.4 is 11.1 Å². The molecule has 0 aromatic heterocycles. The van der Waals surface area contributed by atoms with Crippen LogP contribution in [-0.4, -0.2) is 32.2 Å². The zero-order chi connectivity index (χ0) is 13.9. The lowest BCUT2D eigenvalue weighted by molar-refractivity contribution is -0.123. The Bertz CT molecular complexity index is 466. The predicted octanol–water partition coefficient (Wildman–Crippen LogP) is 1.37. The largest absolute Gasteiger partial charge is 0.383 e. The summed E-state index contributed by atoms with van der Waals surface area (Å²) in [6.45, 7) is 0.686. The van der Waals surface area contributed by atoms with Gasteiger partial charge in [0.15, 0.2) is 0 Å². The summed E-state index contributed by atoms with van der Waals surface area (Å²) in [6.07, 6.45) is 1.91. The Labute approximate surface area is 124 Å². The van der Waals surface area contributed by atoms with E-state index in [1.807, 2.05) is 6.07 Å². The van der Waals surface area contributed by atoms with Crippen LogP contribution >= 0.6 is 12.4 Å². The predicted molar refractivity (Wildman–Crippen MR) is 77.4 cm³/mol. The van der Waals surface area contributed by atoms with Gasteiger partial charge >= 0.3 is 0 Å². The number of rotatable bonds is 6. The molecule has 2 rings (SSSR count). The first kappa shape index (κ1) is 16.9. The van der Waals surface area contributed by atoms with Gasteiger partial charge in [0.2, 0.25) is 5.91 Å². The third-order valence-corrected chi connectivity index (χ3v) is 3.57. The van der Waals surface area contributed by atoms with E-state index in [1.165, 1.54) is 19.2 Å². The molecule has 1 unspecified atom stereocenters. The molecule has 1 fully saturated rings. The molecule has 20 heavy (non-hydrogen) atoms. The summed E-state index contributed by atoms with van der Waals surface area (Å²) in [5.41, 5.74) is 6.46. The van der Waals surface area contributed by atoms with E-state index in [9.17, 15) is 9.18 Å². The molecule has 3 N–H and O–H groups in total. The minimum atomic E-state index is -0.659. The molecule has 0 aliphatic heterocycles. The Morgan fingerprint density at radius 1 is 1.55 bits per heavy atom. The Kier molecular flexibility index (Phi) is 5.92. The average molecular weight is 303 g/mol. The van der Waals surface area contributed by atoms with Gasteiger partial charge in [0.05, 0.1) is 6.61 Å². The summed E-state index contributed by atoms with van der Waals surface area (Å²) in [6, 6.07) is 5.90. The van der Waals surface area contributed by atoms with Crippen LogP contribution in [0.25, 0.3) is 0 Å². The van der Waals surface area contributed by atoms with E-state index in [-0.39, 0.29) is 36.2 Å². The van der Waals surface area contributed by atoms with Gasteiger partial charge in [-0.25, -0.2) is 4.39 Å². The summed E-state index contributed by atoms with van der Waals surface area (Å²) in [5, 5.41) is 2.82. The van der Waals surface area contributed by atoms with Crippen molar-refractivity contribution >= 4 is 18.3 Å². The van der Waals surface area contributed by atoms with Crippen LogP contribution in [0.4, 0.5) is 4.39 Å². The molecule has 4 nitrogen and oxygen atoms in total. The summed E-state index contributed by atoms with van der Waals surface area (Å²) >= 11 is 0. The van der Waals surface area contributed by atoms with Crippen molar-refractivity contribution in [2.45, 2.75) is 24.3 Å². The number of methoxy groups -OCH3 is 1. The van der Waals surface area contributed by atoms with Gasteiger partial charge in [-0.05, 0) is 30.5 Å². The van der Waals surface area contributed by atoms with Crippen LogP contribution in [0.5, 0.6) is 0 Å². The standard InChI is InChI=1S/C14H19FN2O2.ClH/c1-19-8-12(16)13(18)17-9-14(5-6-14)10-3-2-4-11(15)7-10;/h2-4,7,12H,5-6,8-9,16H2,1H3,(H,17,18);1H. The number of carbonyl (C=O) groups excluding carboxylic acids is 1. The van der Waals surface area contributed by atoms with Gasteiger partial charge in [0.25, 0.3) is 0 Å². The molecule has 1 amide bonds. The highest BCUT2D eigenvalue weighted by Crippen LogP contribution is 2.47. The van der Waals surface area contributed by atoms with Crippen molar-refractivity contribution < 1.29 is 13.9 Å². The summed E-state index contributed by atoms with van der Waals surface area (Å²) in [4.78, 5) is 11.7. The molecule has 1 aliphatic rings. The third kappa shape index (κ3) is 3.91. The zero-order valence-corrected chi connectivity index (χ0v) is 12.2. The number of carbonyl (C=O) groups is 1. The second kappa shape index (κ2) is 7.02. The molecule has 1 atom stereocenters. The highest BCUT2D eigenvalue weighted by atomic mass is 35.5. The lowest BCUT2D eigenvalue weighted by atomic mass is 9.96. The van der Waals surface area contributed by atoms with Crippen LogP contribution in [-0.2, 0) is 14.9 Å². The van der Waals surface area contributed by atoms with Crippen LogP contribution in [0, 0.1) is 5.82 Å². The molecule has 0 spiro atoms. The molecule has 0 saturated heterocycles. The minimum absolute atomic E-state index is 0. The number of halogens is 2. The van der Waals surface area contributed by atoms with E-state index in [1.54, 1.807) is 6.07 Å². The highest BCUT2D eigenvalue weighted by Gasteiger charge is 2.44. The lowest BCUT2D eigenvalue weighted by Gasteiger charge is -2.18. The van der Waals surface area contributed by atoms with Gasteiger partial charge in [-0.15, -0.1) is 12.4 Å². The molecular weight excluding hydrogens is 283 g/mol. The topological polar surface area (TPSA) is 64.3 Å². The monoisotopic (exact) mass is 302 g/mol. The minimum Gasteiger partial charge on any atom is -0.383 e. The molecule has 0 heterocycles. The first-order valence-electron chi connectivity index (χ1n) is 6.36. The van der Waals surface area contributed by atoms with Crippen LogP contribution in [0.15, 0.2) is 24.3 Å². The smallest absolute Gasteiger partial charge is 0.239 e. The summed E-state index contributed by atoms with van der Waals surface area (Å²) < 4.78 is 18.1. The summed E-state index contributed by atoms with van der Waals surface area (Å²) in [5.74, 6) is -0.476. The van der Waals surface area contributed by atoms with Gasteiger partial charge in [0, 0.05) is 19.1 Å². The molecule has 0 radical (unpaired) electrons. The molecule has 6 heteroatoms. The van der Waals surface area contributed by atoms with E-state index in [2.05, 4.69) is 5.32 Å². The van der Waals surface area contributed by atoms with Gasteiger partial charge in [-0.1, -0.05) is 12.1 Å². The zero-order valence-electron chi connectivity index (χ0n) is 11.4. The van der Waals surface area contributed by atoms with Crippen LogP contribution in [0.3, 0.4) is 0 Å². The SMILES string of the molecule is COCC(N)C(=O)NCC1(c2cccc(F)c2)CC1.Cl. The fourth-order valence-electron chi connectivity index (χ4n) is 2.18. The number of ether oxygens (including phenoxy) is 1. The molecule has 1 aliphatic carbocycles. The van der Waals surface area contributed by atoms with Crippen molar-refractivity contribution in [2.24, 2.45) is 5.73 Å². The van der Waals surface area contributed by atoms with E-state index in [0.717, 1.165) is 18.4 Å². The van der Waals surface area contributed by atoms with Crippen LogP contribution in [0.2, 0.25) is 0 Å². The van der Waals surface area contributed by atoms with Gasteiger partial charge in [0.1, 0.15) is 11.9 Å². The van der Waals surface area contributed by atoms with E-state index in [0.29, 0.717) is 6.54 Å². The van der Waals surface area contributed by atoms with Gasteiger partial charge < -0.3 is 15.8 Å². The second-order valence-electron chi connectivity index (χ2n) is 5.07. The maximum Gasteiger partial charge on any atom is 0.239 e. The fraction of sp³-hybridized carbons (Fsp3) is 0.500.